The fraction of sp³-hybridized carbons (Fsp3) is 0.304. The van der Waals surface area contributed by atoms with Crippen LogP contribution in [0.2, 0.25) is 0 Å². The molecule has 27 heavy (non-hydrogen) atoms. The maximum Gasteiger partial charge on any atom is 0.324 e. The lowest BCUT2D eigenvalue weighted by atomic mass is 9.78. The van der Waals surface area contributed by atoms with E-state index in [0.29, 0.717) is 6.42 Å². The summed E-state index contributed by atoms with van der Waals surface area (Å²) in [5.41, 5.74) is 0.455. The smallest absolute Gasteiger partial charge is 0.324 e. The predicted octanol–water partition coefficient (Wildman–Crippen LogP) is 3.91. The maximum atomic E-state index is 12.9. The average molecular weight is 364 g/mol. The van der Waals surface area contributed by atoms with Crippen molar-refractivity contribution in [3.63, 3.8) is 0 Å². The Morgan fingerprint density at radius 1 is 0.926 bits per heavy atom. The number of carbonyl (C=O) groups is 2. The number of esters is 2. The van der Waals surface area contributed by atoms with Crippen molar-refractivity contribution in [3.05, 3.63) is 78.4 Å². The van der Waals surface area contributed by atoms with Crippen molar-refractivity contribution in [2.75, 3.05) is 14.2 Å². The van der Waals surface area contributed by atoms with Gasteiger partial charge in [0.15, 0.2) is 5.41 Å². The molecule has 140 valence electrons. The van der Waals surface area contributed by atoms with Crippen LogP contribution in [0.4, 0.5) is 0 Å². The summed E-state index contributed by atoms with van der Waals surface area (Å²) in [6.07, 6.45) is 0.493. The SMILES string of the molecule is C=C(c1ccccc1)[C@@]1(Cc2ccccc2)[C@H](C)C1(C(=O)OC)C(=O)OC. The third-order valence-electron chi connectivity index (χ3n) is 6.01. The van der Waals surface area contributed by atoms with E-state index in [1.54, 1.807) is 0 Å². The van der Waals surface area contributed by atoms with Gasteiger partial charge in [0.1, 0.15) is 0 Å². The Morgan fingerprint density at radius 3 is 1.89 bits per heavy atom. The molecule has 2 atom stereocenters. The summed E-state index contributed by atoms with van der Waals surface area (Å²) >= 11 is 0. The lowest BCUT2D eigenvalue weighted by molar-refractivity contribution is -0.163. The molecule has 2 aromatic rings. The van der Waals surface area contributed by atoms with Crippen LogP contribution in [0.3, 0.4) is 0 Å². The van der Waals surface area contributed by atoms with Crippen LogP contribution >= 0.6 is 0 Å². The molecule has 4 heteroatoms. The van der Waals surface area contributed by atoms with E-state index in [1.807, 2.05) is 67.6 Å². The van der Waals surface area contributed by atoms with Crippen molar-refractivity contribution >= 4 is 17.5 Å². The molecule has 1 aliphatic carbocycles. The molecular weight excluding hydrogens is 340 g/mol. The Kier molecular flexibility index (Phi) is 4.92. The molecular formula is C23H24O4. The zero-order chi connectivity index (χ0) is 19.7. The minimum absolute atomic E-state index is 0.308. The van der Waals surface area contributed by atoms with Crippen molar-refractivity contribution in [1.82, 2.24) is 0 Å². The van der Waals surface area contributed by atoms with E-state index in [2.05, 4.69) is 6.58 Å². The molecule has 3 rings (SSSR count). The summed E-state index contributed by atoms with van der Waals surface area (Å²) in [5, 5.41) is 0. The normalized spacial score (nSPS) is 22.6. The van der Waals surface area contributed by atoms with Gasteiger partial charge in [-0.2, -0.15) is 0 Å². The van der Waals surface area contributed by atoms with Crippen LogP contribution in [0.1, 0.15) is 18.1 Å². The summed E-state index contributed by atoms with van der Waals surface area (Å²) in [4.78, 5) is 25.8. The van der Waals surface area contributed by atoms with Crippen molar-refractivity contribution in [3.8, 4) is 0 Å². The molecule has 0 bridgehead atoms. The molecule has 1 saturated carbocycles. The first-order chi connectivity index (χ1) is 13.0. The maximum absolute atomic E-state index is 12.9. The summed E-state index contributed by atoms with van der Waals surface area (Å²) in [7, 11) is 2.60. The highest BCUT2D eigenvalue weighted by Crippen LogP contribution is 2.76. The van der Waals surface area contributed by atoms with Gasteiger partial charge in [-0.1, -0.05) is 74.2 Å². The van der Waals surface area contributed by atoms with E-state index >= 15 is 0 Å². The molecule has 0 heterocycles. The monoisotopic (exact) mass is 364 g/mol. The first kappa shape index (κ1) is 18.9. The molecule has 0 radical (unpaired) electrons. The molecule has 0 spiro atoms. The van der Waals surface area contributed by atoms with Gasteiger partial charge in [0, 0.05) is 5.41 Å². The Hall–Kier alpha value is -2.88. The minimum Gasteiger partial charge on any atom is -0.468 e. The largest absolute Gasteiger partial charge is 0.468 e. The van der Waals surface area contributed by atoms with E-state index < -0.39 is 22.8 Å². The van der Waals surface area contributed by atoms with Gasteiger partial charge < -0.3 is 9.47 Å². The van der Waals surface area contributed by atoms with Crippen LogP contribution in [0.5, 0.6) is 0 Å². The highest BCUT2D eigenvalue weighted by molar-refractivity contribution is 6.09. The highest BCUT2D eigenvalue weighted by atomic mass is 16.5. The second kappa shape index (κ2) is 7.03. The third kappa shape index (κ3) is 2.59. The second-order valence-corrected chi connectivity index (χ2v) is 6.99. The van der Waals surface area contributed by atoms with Gasteiger partial charge in [-0.3, -0.25) is 9.59 Å². The molecule has 1 aliphatic rings. The quantitative estimate of drug-likeness (QED) is 0.576. The van der Waals surface area contributed by atoms with Gasteiger partial charge in [0.25, 0.3) is 0 Å². The molecule has 1 fully saturated rings. The van der Waals surface area contributed by atoms with Crippen LogP contribution < -0.4 is 0 Å². The number of methoxy groups -OCH3 is 2. The number of carbonyl (C=O) groups excluding carboxylic acids is 2. The molecule has 0 aliphatic heterocycles. The summed E-state index contributed by atoms with van der Waals surface area (Å²) in [6.45, 7) is 6.21. The molecule has 0 N–H and O–H groups in total. The zero-order valence-electron chi connectivity index (χ0n) is 15.9. The standard InChI is InChI=1S/C23H24O4/c1-16(19-13-9-6-10-14-19)22(15-18-11-7-5-8-12-18)17(2)23(22,20(24)26-3)21(25)27-4/h5-14,17H,1,15H2,2-4H3/t17-,22-/m0/s1. The Bertz CT molecular complexity index is 840. The lowest BCUT2D eigenvalue weighted by Gasteiger charge is -2.25. The first-order valence-corrected chi connectivity index (χ1v) is 8.92. The predicted molar refractivity (Wildman–Crippen MR) is 104 cm³/mol. The molecule has 0 saturated heterocycles. The number of hydrogen-bond acceptors (Lipinski definition) is 4. The number of allylic oxidation sites excluding steroid dienone is 1. The zero-order valence-corrected chi connectivity index (χ0v) is 15.9. The number of benzene rings is 2. The topological polar surface area (TPSA) is 52.6 Å². The van der Waals surface area contributed by atoms with E-state index in [4.69, 9.17) is 9.47 Å². The van der Waals surface area contributed by atoms with Gasteiger partial charge in [-0.25, -0.2) is 0 Å². The van der Waals surface area contributed by atoms with Crippen LogP contribution in [-0.4, -0.2) is 26.2 Å². The van der Waals surface area contributed by atoms with Crippen LogP contribution in [0, 0.1) is 16.7 Å². The van der Waals surface area contributed by atoms with Crippen LogP contribution in [0.15, 0.2) is 67.2 Å². The summed E-state index contributed by atoms with van der Waals surface area (Å²) in [5.74, 6) is -1.46. The summed E-state index contributed by atoms with van der Waals surface area (Å²) in [6, 6.07) is 19.5. The second-order valence-electron chi connectivity index (χ2n) is 6.99. The van der Waals surface area contributed by atoms with Gasteiger partial charge in [0.2, 0.25) is 0 Å². The summed E-state index contributed by atoms with van der Waals surface area (Å²) < 4.78 is 10.1. The van der Waals surface area contributed by atoms with Gasteiger partial charge in [0.05, 0.1) is 14.2 Å². The average Bonchev–Trinajstić information content (AvgIpc) is 3.26. The Labute approximate surface area is 159 Å². The number of rotatable bonds is 6. The molecule has 0 unspecified atom stereocenters. The highest BCUT2D eigenvalue weighted by Gasteiger charge is 2.84. The van der Waals surface area contributed by atoms with E-state index in [-0.39, 0.29) is 5.92 Å². The molecule has 4 nitrogen and oxygen atoms in total. The third-order valence-corrected chi connectivity index (χ3v) is 6.01. The van der Waals surface area contributed by atoms with E-state index in [0.717, 1.165) is 16.7 Å². The van der Waals surface area contributed by atoms with Gasteiger partial charge in [-0.15, -0.1) is 0 Å². The first-order valence-electron chi connectivity index (χ1n) is 8.92. The number of hydrogen-bond donors (Lipinski definition) is 0. The van der Waals surface area contributed by atoms with E-state index in [1.165, 1.54) is 14.2 Å². The van der Waals surface area contributed by atoms with Gasteiger partial charge >= 0.3 is 11.9 Å². The Morgan fingerprint density at radius 2 is 1.41 bits per heavy atom. The minimum atomic E-state index is -1.40. The van der Waals surface area contributed by atoms with Gasteiger partial charge in [-0.05, 0) is 29.0 Å². The van der Waals surface area contributed by atoms with Crippen LogP contribution in [0.25, 0.3) is 5.57 Å². The van der Waals surface area contributed by atoms with Crippen molar-refractivity contribution in [1.29, 1.82) is 0 Å². The number of ether oxygens (including phenoxy) is 2. The van der Waals surface area contributed by atoms with Crippen molar-refractivity contribution < 1.29 is 19.1 Å². The molecule has 2 aromatic carbocycles. The fourth-order valence-electron chi connectivity index (χ4n) is 4.57. The molecule has 0 amide bonds. The lowest BCUT2D eigenvalue weighted by Crippen LogP contribution is -2.36. The van der Waals surface area contributed by atoms with Crippen molar-refractivity contribution in [2.24, 2.45) is 16.7 Å². The fourth-order valence-corrected chi connectivity index (χ4v) is 4.57. The van der Waals surface area contributed by atoms with Crippen LogP contribution in [-0.2, 0) is 25.5 Å². The Balaban J connectivity index is 2.18. The molecule has 0 aromatic heterocycles. The van der Waals surface area contributed by atoms with Crippen molar-refractivity contribution in [2.45, 2.75) is 13.3 Å². The van der Waals surface area contributed by atoms with E-state index in [9.17, 15) is 9.59 Å².